The number of hydrogen-bond acceptors (Lipinski definition) is 2. The first-order valence-electron chi connectivity index (χ1n) is 4.65. The molecule has 1 rings (SSSR count). The zero-order valence-corrected chi connectivity index (χ0v) is 8.10. The summed E-state index contributed by atoms with van der Waals surface area (Å²) in [6, 6.07) is 0. The summed E-state index contributed by atoms with van der Waals surface area (Å²) in [5.41, 5.74) is 0.640. The molecule has 74 valence electrons. The summed E-state index contributed by atoms with van der Waals surface area (Å²) in [6.45, 7) is 6.98. The van der Waals surface area contributed by atoms with Crippen LogP contribution >= 0.6 is 0 Å². The molecule has 0 atom stereocenters. The van der Waals surface area contributed by atoms with Crippen molar-refractivity contribution < 1.29 is 9.90 Å². The third-order valence-corrected chi connectivity index (χ3v) is 2.75. The lowest BCUT2D eigenvalue weighted by Gasteiger charge is -2.38. The summed E-state index contributed by atoms with van der Waals surface area (Å²) in [5, 5.41) is 11.7. The molecular weight excluding hydrogens is 166 g/mol. The molecule has 0 aromatic carbocycles. The van der Waals surface area contributed by atoms with Gasteiger partial charge >= 0.3 is 5.97 Å². The maximum absolute atomic E-state index is 10.4. The van der Waals surface area contributed by atoms with E-state index in [2.05, 4.69) is 18.8 Å². The summed E-state index contributed by atoms with van der Waals surface area (Å²) < 4.78 is 0. The minimum atomic E-state index is -0.911. The third-order valence-electron chi connectivity index (χ3n) is 2.75. The number of nitrogens with one attached hydrogen (secondary N) is 1. The molecule has 0 unspecified atom stereocenters. The number of carboxylic acids is 1. The minimum Gasteiger partial charge on any atom is -0.478 e. The van der Waals surface area contributed by atoms with Crippen molar-refractivity contribution in [2.24, 2.45) is 5.41 Å². The van der Waals surface area contributed by atoms with Crippen LogP contribution in [0.25, 0.3) is 0 Å². The summed E-state index contributed by atoms with van der Waals surface area (Å²) in [7, 11) is 0. The highest BCUT2D eigenvalue weighted by Crippen LogP contribution is 2.39. The lowest BCUT2D eigenvalue weighted by molar-refractivity contribution is -0.132. The maximum atomic E-state index is 10.4. The van der Waals surface area contributed by atoms with Gasteiger partial charge in [-0.15, -0.1) is 0 Å². The van der Waals surface area contributed by atoms with E-state index < -0.39 is 5.97 Å². The van der Waals surface area contributed by atoms with Crippen molar-refractivity contribution in [1.29, 1.82) is 0 Å². The largest absolute Gasteiger partial charge is 0.478 e. The normalized spacial score (nSPS) is 19.2. The lowest BCUT2D eigenvalue weighted by atomic mass is 9.70. The zero-order valence-electron chi connectivity index (χ0n) is 8.10. The molecule has 0 aliphatic heterocycles. The number of hydrogen-bond donors (Lipinski definition) is 2. The van der Waals surface area contributed by atoms with Crippen molar-refractivity contribution >= 4 is 5.97 Å². The first kappa shape index (κ1) is 10.3. The van der Waals surface area contributed by atoms with Crippen LogP contribution in [0.1, 0.15) is 26.2 Å². The van der Waals surface area contributed by atoms with Crippen LogP contribution < -0.4 is 5.32 Å². The van der Waals surface area contributed by atoms with Crippen LogP contribution in [0, 0.1) is 5.41 Å². The molecule has 0 radical (unpaired) electrons. The van der Waals surface area contributed by atoms with Gasteiger partial charge < -0.3 is 10.4 Å². The van der Waals surface area contributed by atoms with Crippen LogP contribution in [0.3, 0.4) is 0 Å². The molecule has 3 nitrogen and oxygen atoms in total. The SMILES string of the molecule is C=C(CNCC1(C)CCC1)C(=O)O. The van der Waals surface area contributed by atoms with Crippen molar-refractivity contribution in [3.8, 4) is 0 Å². The van der Waals surface area contributed by atoms with E-state index in [1.54, 1.807) is 0 Å². The highest BCUT2D eigenvalue weighted by Gasteiger charge is 2.30. The van der Waals surface area contributed by atoms with Gasteiger partial charge in [0.05, 0.1) is 0 Å². The molecule has 1 fully saturated rings. The Bertz CT molecular complexity index is 219. The van der Waals surface area contributed by atoms with E-state index in [0.717, 1.165) is 6.54 Å². The van der Waals surface area contributed by atoms with Crippen molar-refractivity contribution in [2.45, 2.75) is 26.2 Å². The number of carboxylic acid groups (broad SMARTS) is 1. The van der Waals surface area contributed by atoms with E-state index in [9.17, 15) is 4.79 Å². The Morgan fingerprint density at radius 3 is 2.62 bits per heavy atom. The molecule has 1 aliphatic rings. The molecule has 0 saturated heterocycles. The Labute approximate surface area is 78.8 Å². The second-order valence-corrected chi connectivity index (χ2v) is 4.18. The first-order chi connectivity index (χ1) is 6.03. The Kier molecular flexibility index (Phi) is 3.09. The first-order valence-corrected chi connectivity index (χ1v) is 4.65. The lowest BCUT2D eigenvalue weighted by Crippen LogP contribution is -2.38. The highest BCUT2D eigenvalue weighted by molar-refractivity contribution is 5.86. The van der Waals surface area contributed by atoms with E-state index in [1.165, 1.54) is 19.3 Å². The van der Waals surface area contributed by atoms with Crippen molar-refractivity contribution in [3.63, 3.8) is 0 Å². The fourth-order valence-electron chi connectivity index (χ4n) is 1.55. The van der Waals surface area contributed by atoms with E-state index in [0.29, 0.717) is 12.0 Å². The van der Waals surface area contributed by atoms with Gasteiger partial charge in [-0.25, -0.2) is 4.79 Å². The molecule has 0 bridgehead atoms. The molecule has 0 amide bonds. The monoisotopic (exact) mass is 183 g/mol. The van der Waals surface area contributed by atoms with E-state index in [1.807, 2.05) is 0 Å². The molecule has 0 spiro atoms. The molecule has 0 heterocycles. The van der Waals surface area contributed by atoms with Gasteiger partial charge in [0.25, 0.3) is 0 Å². The Morgan fingerprint density at radius 1 is 1.62 bits per heavy atom. The number of carbonyl (C=O) groups is 1. The van der Waals surface area contributed by atoms with Crippen molar-refractivity contribution in [1.82, 2.24) is 5.32 Å². The Hall–Kier alpha value is -0.830. The summed E-state index contributed by atoms with van der Waals surface area (Å²) in [4.78, 5) is 10.4. The van der Waals surface area contributed by atoms with Gasteiger partial charge in [0.1, 0.15) is 0 Å². The van der Waals surface area contributed by atoms with Gasteiger partial charge in [0.2, 0.25) is 0 Å². The smallest absolute Gasteiger partial charge is 0.332 e. The van der Waals surface area contributed by atoms with Crippen molar-refractivity contribution in [3.05, 3.63) is 12.2 Å². The van der Waals surface area contributed by atoms with Gasteiger partial charge in [0.15, 0.2) is 0 Å². The Balaban J connectivity index is 2.13. The summed E-state index contributed by atoms with van der Waals surface area (Å²) in [6.07, 6.45) is 3.80. The van der Waals surface area contributed by atoms with E-state index in [4.69, 9.17) is 5.11 Å². The van der Waals surface area contributed by atoms with E-state index in [-0.39, 0.29) is 5.57 Å². The average Bonchev–Trinajstić information content (AvgIpc) is 2.01. The van der Waals surface area contributed by atoms with Crippen LogP contribution in [-0.4, -0.2) is 24.2 Å². The van der Waals surface area contributed by atoms with Gasteiger partial charge in [-0.2, -0.15) is 0 Å². The van der Waals surface area contributed by atoms with Gasteiger partial charge in [-0.05, 0) is 18.3 Å². The van der Waals surface area contributed by atoms with Crippen LogP contribution in [0.5, 0.6) is 0 Å². The molecule has 0 aromatic rings. The fraction of sp³-hybridized carbons (Fsp3) is 0.700. The molecule has 0 aromatic heterocycles. The fourth-order valence-corrected chi connectivity index (χ4v) is 1.55. The van der Waals surface area contributed by atoms with Crippen LogP contribution in [0.4, 0.5) is 0 Å². The minimum absolute atomic E-state index is 0.239. The van der Waals surface area contributed by atoms with Crippen LogP contribution in [0.2, 0.25) is 0 Å². The van der Waals surface area contributed by atoms with Gasteiger partial charge in [0, 0.05) is 18.7 Å². The van der Waals surface area contributed by atoms with Crippen LogP contribution in [0.15, 0.2) is 12.2 Å². The van der Waals surface area contributed by atoms with Gasteiger partial charge in [-0.1, -0.05) is 19.9 Å². The molecule has 3 heteroatoms. The quantitative estimate of drug-likeness (QED) is 0.633. The maximum Gasteiger partial charge on any atom is 0.332 e. The molecule has 2 N–H and O–H groups in total. The molecular formula is C10H17NO2. The topological polar surface area (TPSA) is 49.3 Å². The number of rotatable bonds is 5. The molecule has 1 aliphatic carbocycles. The second kappa shape index (κ2) is 3.92. The van der Waals surface area contributed by atoms with Gasteiger partial charge in [-0.3, -0.25) is 0 Å². The van der Waals surface area contributed by atoms with Crippen molar-refractivity contribution in [2.75, 3.05) is 13.1 Å². The summed E-state index contributed by atoms with van der Waals surface area (Å²) in [5.74, 6) is -0.911. The third kappa shape index (κ3) is 2.84. The second-order valence-electron chi connectivity index (χ2n) is 4.18. The van der Waals surface area contributed by atoms with E-state index >= 15 is 0 Å². The predicted molar refractivity (Wildman–Crippen MR) is 51.6 cm³/mol. The van der Waals surface area contributed by atoms with Crippen LogP contribution in [-0.2, 0) is 4.79 Å². The molecule has 13 heavy (non-hydrogen) atoms. The number of aliphatic carboxylic acids is 1. The summed E-state index contributed by atoms with van der Waals surface area (Å²) >= 11 is 0. The molecule has 1 saturated carbocycles. The predicted octanol–water partition coefficient (Wildman–Crippen LogP) is 1.41. The standard InChI is InChI=1S/C10H17NO2/c1-8(9(12)13)6-11-7-10(2)4-3-5-10/h11H,1,3-7H2,2H3,(H,12,13). The zero-order chi connectivity index (χ0) is 9.90. The average molecular weight is 183 g/mol. The highest BCUT2D eigenvalue weighted by atomic mass is 16.4. The Morgan fingerprint density at radius 2 is 2.23 bits per heavy atom.